The van der Waals surface area contributed by atoms with E-state index in [1.807, 2.05) is 18.8 Å². The summed E-state index contributed by atoms with van der Waals surface area (Å²) in [5.41, 5.74) is 3.59. The second kappa shape index (κ2) is 3.42. The van der Waals surface area contributed by atoms with E-state index in [9.17, 15) is 0 Å². The monoisotopic (exact) mass is 189 g/mol. The van der Waals surface area contributed by atoms with Crippen molar-refractivity contribution in [3.05, 3.63) is 29.5 Å². The van der Waals surface area contributed by atoms with E-state index in [2.05, 4.69) is 35.5 Å². The summed E-state index contributed by atoms with van der Waals surface area (Å²) in [7, 11) is 3.94. The molecular weight excluding hydrogens is 174 g/mol. The average Bonchev–Trinajstić information content (AvgIpc) is 2.45. The molecule has 0 aliphatic rings. The van der Waals surface area contributed by atoms with Crippen LogP contribution in [-0.4, -0.2) is 16.8 Å². The van der Waals surface area contributed by atoms with Crippen LogP contribution in [0.4, 0.5) is 0 Å². The van der Waals surface area contributed by atoms with E-state index in [0.29, 0.717) is 0 Å². The van der Waals surface area contributed by atoms with Crippen molar-refractivity contribution in [2.45, 2.75) is 13.5 Å². The van der Waals surface area contributed by atoms with E-state index in [1.165, 1.54) is 16.6 Å². The molecule has 2 aromatic rings. The first-order valence-electron chi connectivity index (χ1n) is 4.79. The first kappa shape index (κ1) is 9.21. The van der Waals surface area contributed by atoms with Gasteiger partial charge in [-0.25, -0.2) is 0 Å². The Hall–Kier alpha value is -1.35. The van der Waals surface area contributed by atoms with Gasteiger partial charge in [0.15, 0.2) is 0 Å². The highest BCUT2D eigenvalue weighted by Gasteiger charge is 2.07. The van der Waals surface area contributed by atoms with Crippen molar-refractivity contribution in [2.75, 3.05) is 7.05 Å². The van der Waals surface area contributed by atoms with Gasteiger partial charge in [-0.1, -0.05) is 11.6 Å². The van der Waals surface area contributed by atoms with Crippen LogP contribution in [0.2, 0.25) is 0 Å². The Kier molecular flexibility index (Phi) is 2.25. The first-order chi connectivity index (χ1) is 6.72. The minimum atomic E-state index is 0.858. The zero-order valence-electron chi connectivity index (χ0n) is 8.83. The second-order valence-corrected chi connectivity index (χ2v) is 3.62. The smallest absolute Gasteiger partial charge is 0.0926 e. The van der Waals surface area contributed by atoms with Gasteiger partial charge in [0, 0.05) is 19.0 Å². The fraction of sp³-hybridized carbons (Fsp3) is 0.364. The SMILES string of the molecule is CNCc1c2cc(C)ccc2nn1C. The third-order valence-corrected chi connectivity index (χ3v) is 2.46. The Labute approximate surface area is 83.7 Å². The standard InChI is InChI=1S/C11H15N3/c1-8-4-5-10-9(6-8)11(7-12-2)14(3)13-10/h4-6,12H,7H2,1-3H3. The molecule has 0 aliphatic heterocycles. The second-order valence-electron chi connectivity index (χ2n) is 3.62. The number of nitrogens with zero attached hydrogens (tertiary/aromatic N) is 2. The van der Waals surface area contributed by atoms with Gasteiger partial charge in [-0.05, 0) is 26.1 Å². The minimum absolute atomic E-state index is 0.858. The molecule has 3 nitrogen and oxygen atoms in total. The quantitative estimate of drug-likeness (QED) is 0.777. The molecule has 0 aliphatic carbocycles. The minimum Gasteiger partial charge on any atom is -0.314 e. The number of aryl methyl sites for hydroxylation is 2. The predicted octanol–water partition coefficient (Wildman–Crippen LogP) is 1.60. The lowest BCUT2D eigenvalue weighted by molar-refractivity contribution is 0.680. The number of aromatic nitrogens is 2. The fourth-order valence-electron chi connectivity index (χ4n) is 1.74. The summed E-state index contributed by atoms with van der Waals surface area (Å²) >= 11 is 0. The third kappa shape index (κ3) is 1.40. The fourth-order valence-corrected chi connectivity index (χ4v) is 1.74. The molecule has 1 N–H and O–H groups in total. The topological polar surface area (TPSA) is 29.9 Å². The zero-order valence-corrected chi connectivity index (χ0v) is 8.83. The average molecular weight is 189 g/mol. The molecule has 1 heterocycles. The van der Waals surface area contributed by atoms with Crippen molar-refractivity contribution in [1.82, 2.24) is 15.1 Å². The molecule has 1 aromatic carbocycles. The molecule has 0 radical (unpaired) electrons. The molecule has 0 saturated carbocycles. The molecule has 1 aromatic heterocycles. The normalized spacial score (nSPS) is 11.1. The van der Waals surface area contributed by atoms with Crippen LogP contribution in [0, 0.1) is 6.92 Å². The van der Waals surface area contributed by atoms with Crippen LogP contribution in [0.15, 0.2) is 18.2 Å². The Morgan fingerprint density at radius 3 is 2.93 bits per heavy atom. The van der Waals surface area contributed by atoms with Crippen LogP contribution < -0.4 is 5.32 Å². The molecule has 0 unspecified atom stereocenters. The van der Waals surface area contributed by atoms with Gasteiger partial charge < -0.3 is 5.32 Å². The Morgan fingerprint density at radius 1 is 1.43 bits per heavy atom. The van der Waals surface area contributed by atoms with Crippen LogP contribution in [0.3, 0.4) is 0 Å². The summed E-state index contributed by atoms with van der Waals surface area (Å²) in [4.78, 5) is 0. The first-order valence-corrected chi connectivity index (χ1v) is 4.79. The Balaban J connectivity index is 2.66. The molecule has 0 atom stereocenters. The summed E-state index contributed by atoms with van der Waals surface area (Å²) in [6, 6.07) is 6.36. The number of rotatable bonds is 2. The zero-order chi connectivity index (χ0) is 10.1. The maximum absolute atomic E-state index is 4.45. The number of nitrogens with one attached hydrogen (secondary N) is 1. The predicted molar refractivity (Wildman–Crippen MR) is 58.2 cm³/mol. The molecule has 0 saturated heterocycles. The largest absolute Gasteiger partial charge is 0.314 e. The molecule has 2 rings (SSSR count). The lowest BCUT2D eigenvalue weighted by Crippen LogP contribution is -2.09. The van der Waals surface area contributed by atoms with E-state index < -0.39 is 0 Å². The molecule has 0 fully saturated rings. The molecule has 74 valence electrons. The molecule has 3 heteroatoms. The van der Waals surface area contributed by atoms with E-state index in [4.69, 9.17) is 0 Å². The van der Waals surface area contributed by atoms with E-state index in [1.54, 1.807) is 0 Å². The van der Waals surface area contributed by atoms with Crippen molar-refractivity contribution in [3.8, 4) is 0 Å². The van der Waals surface area contributed by atoms with Gasteiger partial charge in [0.05, 0.1) is 11.2 Å². The van der Waals surface area contributed by atoms with Crippen LogP contribution in [0.1, 0.15) is 11.3 Å². The van der Waals surface area contributed by atoms with Crippen molar-refractivity contribution < 1.29 is 0 Å². The number of hydrogen-bond donors (Lipinski definition) is 1. The number of hydrogen-bond acceptors (Lipinski definition) is 2. The van der Waals surface area contributed by atoms with Gasteiger partial charge in [-0.2, -0.15) is 5.10 Å². The van der Waals surface area contributed by atoms with E-state index >= 15 is 0 Å². The molecule has 14 heavy (non-hydrogen) atoms. The van der Waals surface area contributed by atoms with E-state index in [-0.39, 0.29) is 0 Å². The Bertz CT molecular complexity index is 457. The molecular formula is C11H15N3. The third-order valence-electron chi connectivity index (χ3n) is 2.46. The summed E-state index contributed by atoms with van der Waals surface area (Å²) < 4.78 is 1.95. The van der Waals surface area contributed by atoms with Gasteiger partial charge in [-0.3, -0.25) is 4.68 Å². The van der Waals surface area contributed by atoms with Crippen molar-refractivity contribution in [3.63, 3.8) is 0 Å². The lowest BCUT2D eigenvalue weighted by atomic mass is 10.1. The van der Waals surface area contributed by atoms with Gasteiger partial charge in [0.2, 0.25) is 0 Å². The maximum Gasteiger partial charge on any atom is 0.0926 e. The van der Waals surface area contributed by atoms with Crippen molar-refractivity contribution in [2.24, 2.45) is 7.05 Å². The van der Waals surface area contributed by atoms with Gasteiger partial charge >= 0.3 is 0 Å². The molecule has 0 spiro atoms. The Morgan fingerprint density at radius 2 is 2.21 bits per heavy atom. The maximum atomic E-state index is 4.45. The summed E-state index contributed by atoms with van der Waals surface area (Å²) in [5.74, 6) is 0. The molecule has 0 bridgehead atoms. The van der Waals surface area contributed by atoms with Crippen LogP contribution in [0.25, 0.3) is 10.9 Å². The lowest BCUT2D eigenvalue weighted by Gasteiger charge is -2.00. The van der Waals surface area contributed by atoms with Gasteiger partial charge in [0.1, 0.15) is 0 Å². The summed E-state index contributed by atoms with van der Waals surface area (Å²) in [5, 5.41) is 8.86. The van der Waals surface area contributed by atoms with Crippen LogP contribution in [0.5, 0.6) is 0 Å². The molecule has 0 amide bonds. The number of fused-ring (bicyclic) bond motifs is 1. The van der Waals surface area contributed by atoms with Crippen molar-refractivity contribution in [1.29, 1.82) is 0 Å². The van der Waals surface area contributed by atoms with Gasteiger partial charge in [-0.15, -0.1) is 0 Å². The van der Waals surface area contributed by atoms with Gasteiger partial charge in [0.25, 0.3) is 0 Å². The van der Waals surface area contributed by atoms with E-state index in [0.717, 1.165) is 12.1 Å². The van der Waals surface area contributed by atoms with Crippen molar-refractivity contribution >= 4 is 10.9 Å². The highest BCUT2D eigenvalue weighted by Crippen LogP contribution is 2.18. The summed E-state index contributed by atoms with van der Waals surface area (Å²) in [6.07, 6.45) is 0. The van der Waals surface area contributed by atoms with Crippen LogP contribution >= 0.6 is 0 Å². The highest BCUT2D eigenvalue weighted by molar-refractivity contribution is 5.82. The number of benzene rings is 1. The van der Waals surface area contributed by atoms with Crippen LogP contribution in [-0.2, 0) is 13.6 Å². The highest BCUT2D eigenvalue weighted by atomic mass is 15.3. The summed E-state index contributed by atoms with van der Waals surface area (Å²) in [6.45, 7) is 2.96.